The second kappa shape index (κ2) is 7.60. The van der Waals surface area contributed by atoms with Crippen LogP contribution in [-0.2, 0) is 0 Å². The molecule has 2 atom stereocenters. The Morgan fingerprint density at radius 2 is 2.28 bits per heavy atom. The topological polar surface area (TPSA) is 48.7 Å². The van der Waals surface area contributed by atoms with Gasteiger partial charge in [0.2, 0.25) is 0 Å². The molecule has 1 aliphatic rings. The van der Waals surface area contributed by atoms with E-state index in [-0.39, 0.29) is 0 Å². The first-order valence-corrected chi connectivity index (χ1v) is 7.13. The van der Waals surface area contributed by atoms with Gasteiger partial charge in [-0.1, -0.05) is 24.9 Å². The fourth-order valence-electron chi connectivity index (χ4n) is 2.27. The number of nitrogens with one attached hydrogen (secondary N) is 1. The number of halogens is 2. The minimum absolute atomic E-state index is 0.706. The van der Waals surface area contributed by atoms with Gasteiger partial charge < -0.3 is 5.32 Å². The van der Waals surface area contributed by atoms with E-state index >= 15 is 0 Å². The van der Waals surface area contributed by atoms with E-state index in [4.69, 9.17) is 16.9 Å². The SMILES string of the molecule is C#N.CC1CCC(CNc2cc(Cl)c(Br)cn2)C1. The van der Waals surface area contributed by atoms with E-state index in [0.29, 0.717) is 5.02 Å². The highest BCUT2D eigenvalue weighted by atomic mass is 79.9. The Balaban J connectivity index is 0.000000771. The second-order valence-corrected chi connectivity index (χ2v) is 5.91. The molecule has 1 N–H and O–H groups in total. The van der Waals surface area contributed by atoms with Crippen molar-refractivity contribution >= 4 is 33.3 Å². The Labute approximate surface area is 122 Å². The number of pyridine rings is 1. The van der Waals surface area contributed by atoms with Crippen molar-refractivity contribution in [3.8, 4) is 6.57 Å². The van der Waals surface area contributed by atoms with Crippen molar-refractivity contribution in [1.29, 1.82) is 5.26 Å². The van der Waals surface area contributed by atoms with Crippen molar-refractivity contribution < 1.29 is 0 Å². The number of nitriles is 1. The molecular weight excluding hydrogens is 314 g/mol. The molecule has 0 saturated heterocycles. The van der Waals surface area contributed by atoms with Crippen molar-refractivity contribution in [1.82, 2.24) is 4.98 Å². The van der Waals surface area contributed by atoms with Gasteiger partial charge >= 0.3 is 0 Å². The molecule has 3 nitrogen and oxygen atoms in total. The second-order valence-electron chi connectivity index (χ2n) is 4.65. The largest absolute Gasteiger partial charge is 0.370 e. The molecule has 0 aliphatic heterocycles. The average molecular weight is 331 g/mol. The Morgan fingerprint density at radius 1 is 1.56 bits per heavy atom. The van der Waals surface area contributed by atoms with Crippen molar-refractivity contribution in [3.63, 3.8) is 0 Å². The number of nitrogens with zero attached hydrogens (tertiary/aromatic N) is 2. The van der Waals surface area contributed by atoms with Gasteiger partial charge in [-0.2, -0.15) is 0 Å². The highest BCUT2D eigenvalue weighted by molar-refractivity contribution is 9.10. The fourth-order valence-corrected chi connectivity index (χ4v) is 2.64. The van der Waals surface area contributed by atoms with Gasteiger partial charge in [-0.15, -0.1) is 0 Å². The summed E-state index contributed by atoms with van der Waals surface area (Å²) in [5, 5.41) is 10.6. The molecular formula is C13H17BrClN3. The van der Waals surface area contributed by atoms with Crippen LogP contribution in [0.3, 0.4) is 0 Å². The molecule has 0 amide bonds. The minimum Gasteiger partial charge on any atom is -0.370 e. The third-order valence-electron chi connectivity index (χ3n) is 3.18. The predicted molar refractivity (Wildman–Crippen MR) is 78.6 cm³/mol. The van der Waals surface area contributed by atoms with E-state index in [1.54, 1.807) is 6.20 Å². The number of aromatic nitrogens is 1. The van der Waals surface area contributed by atoms with E-state index in [1.807, 2.05) is 6.07 Å². The first-order chi connectivity index (χ1) is 8.65. The van der Waals surface area contributed by atoms with Crippen LogP contribution in [0.1, 0.15) is 26.2 Å². The normalized spacial score (nSPS) is 22.1. The van der Waals surface area contributed by atoms with E-state index in [9.17, 15) is 0 Å². The fraction of sp³-hybridized carbons (Fsp3) is 0.538. The van der Waals surface area contributed by atoms with E-state index < -0.39 is 0 Å². The summed E-state index contributed by atoms with van der Waals surface area (Å²) in [7, 11) is 0. The number of rotatable bonds is 3. The molecule has 2 unspecified atom stereocenters. The third kappa shape index (κ3) is 4.47. The molecule has 98 valence electrons. The molecule has 0 spiro atoms. The molecule has 1 aromatic rings. The summed E-state index contributed by atoms with van der Waals surface area (Å²) in [6.45, 7) is 6.84. The first kappa shape index (κ1) is 15.3. The summed E-state index contributed by atoms with van der Waals surface area (Å²) in [4.78, 5) is 4.28. The van der Waals surface area contributed by atoms with Gasteiger partial charge in [0.25, 0.3) is 0 Å². The van der Waals surface area contributed by atoms with Gasteiger partial charge in [0.05, 0.1) is 9.50 Å². The molecule has 0 radical (unpaired) electrons. The zero-order valence-corrected chi connectivity index (χ0v) is 12.7. The lowest BCUT2D eigenvalue weighted by atomic mass is 10.1. The van der Waals surface area contributed by atoms with Gasteiger partial charge in [0.1, 0.15) is 5.82 Å². The zero-order chi connectivity index (χ0) is 13.5. The molecule has 1 heterocycles. The van der Waals surface area contributed by atoms with Crippen LogP contribution in [0.25, 0.3) is 0 Å². The van der Waals surface area contributed by atoms with Crippen LogP contribution < -0.4 is 5.32 Å². The van der Waals surface area contributed by atoms with Crippen molar-refractivity contribution in [3.05, 3.63) is 21.8 Å². The molecule has 1 aromatic heterocycles. The maximum absolute atomic E-state index is 6.50. The summed E-state index contributed by atoms with van der Waals surface area (Å²) in [5.74, 6) is 2.54. The Kier molecular flexibility index (Phi) is 6.45. The van der Waals surface area contributed by atoms with Crippen LogP contribution >= 0.6 is 27.5 Å². The average Bonchev–Trinajstić information content (AvgIpc) is 2.79. The first-order valence-electron chi connectivity index (χ1n) is 5.96. The van der Waals surface area contributed by atoms with Gasteiger partial charge in [-0.25, -0.2) is 10.2 Å². The maximum Gasteiger partial charge on any atom is 0.127 e. The Bertz CT molecular complexity index is 408. The number of anilines is 1. The number of hydrogen-bond acceptors (Lipinski definition) is 3. The summed E-state index contributed by atoms with van der Waals surface area (Å²) in [6.07, 6.45) is 5.76. The summed E-state index contributed by atoms with van der Waals surface area (Å²) < 4.78 is 0.842. The molecule has 0 bridgehead atoms. The molecule has 5 heteroatoms. The van der Waals surface area contributed by atoms with Crippen LogP contribution in [0.15, 0.2) is 16.7 Å². The molecule has 2 rings (SSSR count). The third-order valence-corrected chi connectivity index (χ3v) is 4.36. The van der Waals surface area contributed by atoms with Crippen LogP contribution in [0, 0.1) is 23.7 Å². The van der Waals surface area contributed by atoms with E-state index in [2.05, 4.69) is 39.7 Å². The van der Waals surface area contributed by atoms with Crippen LogP contribution in [-0.4, -0.2) is 11.5 Å². The molecule has 1 aliphatic carbocycles. The lowest BCUT2D eigenvalue weighted by Crippen LogP contribution is -2.12. The highest BCUT2D eigenvalue weighted by Crippen LogP contribution is 2.30. The standard InChI is InChI=1S/C12H16BrClN2.CHN/c1-8-2-3-9(4-8)6-15-12-5-11(14)10(13)7-16-12;1-2/h5,7-9H,2-4,6H2,1H3,(H,15,16);1H. The highest BCUT2D eigenvalue weighted by Gasteiger charge is 2.20. The van der Waals surface area contributed by atoms with E-state index in [1.165, 1.54) is 19.3 Å². The van der Waals surface area contributed by atoms with Crippen molar-refractivity contribution in [2.45, 2.75) is 26.2 Å². The lowest BCUT2D eigenvalue weighted by Gasteiger charge is -2.11. The summed E-state index contributed by atoms with van der Waals surface area (Å²) >= 11 is 9.34. The van der Waals surface area contributed by atoms with Crippen molar-refractivity contribution in [2.24, 2.45) is 11.8 Å². The van der Waals surface area contributed by atoms with Crippen LogP contribution in [0.2, 0.25) is 5.02 Å². The molecule has 1 fully saturated rings. The van der Waals surface area contributed by atoms with Crippen LogP contribution in [0.5, 0.6) is 0 Å². The van der Waals surface area contributed by atoms with Gasteiger partial charge in [-0.05, 0) is 40.6 Å². The van der Waals surface area contributed by atoms with Crippen molar-refractivity contribution in [2.75, 3.05) is 11.9 Å². The van der Waals surface area contributed by atoms with E-state index in [0.717, 1.165) is 28.7 Å². The number of hydrogen-bond donors (Lipinski definition) is 1. The molecule has 1 saturated carbocycles. The van der Waals surface area contributed by atoms with Gasteiger partial charge in [0.15, 0.2) is 0 Å². The van der Waals surface area contributed by atoms with Gasteiger partial charge in [-0.3, -0.25) is 0 Å². The summed E-state index contributed by atoms with van der Waals surface area (Å²) in [5.41, 5.74) is 0. The quantitative estimate of drug-likeness (QED) is 0.888. The summed E-state index contributed by atoms with van der Waals surface area (Å²) in [6, 6.07) is 1.87. The maximum atomic E-state index is 6.50. The smallest absolute Gasteiger partial charge is 0.127 e. The zero-order valence-electron chi connectivity index (χ0n) is 10.4. The molecule has 18 heavy (non-hydrogen) atoms. The monoisotopic (exact) mass is 329 g/mol. The molecule has 0 aromatic carbocycles. The predicted octanol–water partition coefficient (Wildman–Crippen LogP) is 4.49. The minimum atomic E-state index is 0.706. The lowest BCUT2D eigenvalue weighted by molar-refractivity contribution is 0.536. The van der Waals surface area contributed by atoms with Gasteiger partial charge in [0, 0.05) is 25.4 Å². The van der Waals surface area contributed by atoms with Crippen LogP contribution in [0.4, 0.5) is 5.82 Å². The Hall–Kier alpha value is -0.790. The Morgan fingerprint density at radius 3 is 2.83 bits per heavy atom.